The third kappa shape index (κ3) is 5.86. The van der Waals surface area contributed by atoms with E-state index in [4.69, 9.17) is 19.1 Å². The maximum atomic E-state index is 13.6. The lowest BCUT2D eigenvalue weighted by molar-refractivity contribution is -0.103. The van der Waals surface area contributed by atoms with E-state index < -0.39 is 0 Å². The molecule has 4 rings (SSSR count). The summed E-state index contributed by atoms with van der Waals surface area (Å²) >= 11 is 0. The van der Waals surface area contributed by atoms with Crippen LogP contribution < -0.4 is 20.3 Å². The Morgan fingerprint density at radius 2 is 1.94 bits per heavy atom. The third-order valence-electron chi connectivity index (χ3n) is 4.39. The van der Waals surface area contributed by atoms with Crippen molar-refractivity contribution < 1.29 is 28.3 Å². The maximum Gasteiger partial charge on any atom is 0.291 e. The molecule has 0 radical (unpaired) electrons. The SMILES string of the molecule is CNO.COc1cc2ncnc(Nc3ccc(F)c(C)c3)c2cc1Oc1ccc(C#CC=O)o1. The van der Waals surface area contributed by atoms with Crippen molar-refractivity contribution in [3.05, 3.63) is 65.9 Å². The zero-order valence-electron chi connectivity index (χ0n) is 18.5. The first-order chi connectivity index (χ1) is 16.5. The molecule has 9 nitrogen and oxygen atoms in total. The topological polar surface area (TPSA) is 119 Å². The lowest BCUT2D eigenvalue weighted by Crippen LogP contribution is -1.98. The summed E-state index contributed by atoms with van der Waals surface area (Å²) in [5.41, 5.74) is 3.57. The number of benzene rings is 2. The van der Waals surface area contributed by atoms with Crippen molar-refractivity contribution in [2.45, 2.75) is 6.92 Å². The van der Waals surface area contributed by atoms with Crippen LogP contribution in [0.3, 0.4) is 0 Å². The molecule has 2 heterocycles. The highest BCUT2D eigenvalue weighted by Gasteiger charge is 2.14. The van der Waals surface area contributed by atoms with Crippen LogP contribution in [0.2, 0.25) is 0 Å². The first kappa shape index (κ1) is 24.2. The van der Waals surface area contributed by atoms with Gasteiger partial charge in [-0.2, -0.15) is 0 Å². The van der Waals surface area contributed by atoms with E-state index in [0.717, 1.165) is 0 Å². The fraction of sp³-hybridized carbons (Fsp3) is 0.125. The highest BCUT2D eigenvalue weighted by Crippen LogP contribution is 2.37. The number of fused-ring (bicyclic) bond motifs is 1. The number of aromatic nitrogens is 2. The number of nitrogens with zero attached hydrogens (tertiary/aromatic N) is 2. The van der Waals surface area contributed by atoms with Gasteiger partial charge in [-0.25, -0.2) is 19.8 Å². The van der Waals surface area contributed by atoms with Crippen LogP contribution in [0.4, 0.5) is 15.9 Å². The number of halogens is 1. The molecular formula is C24H21FN4O5. The zero-order valence-corrected chi connectivity index (χ0v) is 18.5. The quantitative estimate of drug-likeness (QED) is 0.225. The van der Waals surface area contributed by atoms with Crippen LogP contribution in [0.25, 0.3) is 10.9 Å². The molecule has 0 atom stereocenters. The van der Waals surface area contributed by atoms with Crippen LogP contribution in [0.1, 0.15) is 11.3 Å². The highest BCUT2D eigenvalue weighted by molar-refractivity contribution is 5.93. The summed E-state index contributed by atoms with van der Waals surface area (Å²) in [4.78, 5) is 19.0. The summed E-state index contributed by atoms with van der Waals surface area (Å²) < 4.78 is 30.3. The predicted octanol–water partition coefficient (Wildman–Crippen LogP) is 4.36. The minimum absolute atomic E-state index is 0.174. The standard InChI is InChI=1S/C23H16FN3O4.CH5NO/c1-14-10-15(5-7-18(14)24)27-23-17-11-21(20(29-2)12-19(17)25-13-26-23)31-22-8-6-16(30-22)4-3-9-28;1-2-3/h5-13H,1-2H3,(H,25,26,27);2-3H,1H3. The number of hydrogen-bond donors (Lipinski definition) is 3. The van der Waals surface area contributed by atoms with E-state index >= 15 is 0 Å². The Morgan fingerprint density at radius 3 is 2.65 bits per heavy atom. The molecule has 0 aliphatic rings. The van der Waals surface area contributed by atoms with E-state index in [-0.39, 0.29) is 11.8 Å². The minimum atomic E-state index is -0.283. The summed E-state index contributed by atoms with van der Waals surface area (Å²) in [5, 5.41) is 11.2. The summed E-state index contributed by atoms with van der Waals surface area (Å²) in [6.07, 6.45) is 1.90. The molecule has 34 heavy (non-hydrogen) atoms. The van der Waals surface area contributed by atoms with E-state index in [1.807, 2.05) is 0 Å². The normalized spacial score (nSPS) is 9.91. The summed E-state index contributed by atoms with van der Waals surface area (Å²) in [6, 6.07) is 11.3. The number of ether oxygens (including phenoxy) is 2. The molecule has 0 saturated heterocycles. The van der Waals surface area contributed by atoms with Gasteiger partial charge in [-0.15, -0.1) is 0 Å². The van der Waals surface area contributed by atoms with Crippen molar-refractivity contribution >= 4 is 28.7 Å². The monoisotopic (exact) mass is 464 g/mol. The Bertz CT molecular complexity index is 1360. The van der Waals surface area contributed by atoms with Gasteiger partial charge < -0.3 is 24.4 Å². The Morgan fingerprint density at radius 1 is 1.15 bits per heavy atom. The van der Waals surface area contributed by atoms with Crippen molar-refractivity contribution in [2.24, 2.45) is 0 Å². The molecule has 4 aromatic rings. The van der Waals surface area contributed by atoms with Gasteiger partial charge in [0.15, 0.2) is 23.5 Å². The Hall–Kier alpha value is -4.46. The number of nitrogens with one attached hydrogen (secondary N) is 2. The van der Waals surface area contributed by atoms with Crippen LogP contribution >= 0.6 is 0 Å². The molecule has 0 unspecified atom stereocenters. The number of anilines is 2. The lowest BCUT2D eigenvalue weighted by Gasteiger charge is -2.13. The van der Waals surface area contributed by atoms with Crippen molar-refractivity contribution in [1.82, 2.24) is 15.4 Å². The molecule has 174 valence electrons. The van der Waals surface area contributed by atoms with Crippen LogP contribution in [-0.4, -0.2) is 35.6 Å². The van der Waals surface area contributed by atoms with Gasteiger partial charge in [-0.1, -0.05) is 0 Å². The Labute approximate surface area is 194 Å². The molecule has 0 bridgehead atoms. The van der Waals surface area contributed by atoms with Crippen LogP contribution in [-0.2, 0) is 4.79 Å². The molecule has 0 aliphatic carbocycles. The van der Waals surface area contributed by atoms with Crippen LogP contribution in [0.5, 0.6) is 17.4 Å². The van der Waals surface area contributed by atoms with Crippen LogP contribution in [0.15, 0.2) is 53.2 Å². The largest absolute Gasteiger partial charge is 0.493 e. The van der Waals surface area contributed by atoms with Gasteiger partial charge in [0.2, 0.25) is 0 Å². The number of hydrogen-bond acceptors (Lipinski definition) is 9. The second-order valence-corrected chi connectivity index (χ2v) is 6.66. The lowest BCUT2D eigenvalue weighted by atomic mass is 10.2. The fourth-order valence-electron chi connectivity index (χ4n) is 2.91. The molecule has 0 aliphatic heterocycles. The van der Waals surface area contributed by atoms with Gasteiger partial charge in [0, 0.05) is 30.3 Å². The number of carbonyl (C=O) groups is 1. The highest BCUT2D eigenvalue weighted by atomic mass is 19.1. The summed E-state index contributed by atoms with van der Waals surface area (Å²) in [5.74, 6) is 6.33. The number of rotatable bonds is 5. The van der Waals surface area contributed by atoms with Gasteiger partial charge in [0.05, 0.1) is 12.6 Å². The maximum absolute atomic E-state index is 13.6. The predicted molar refractivity (Wildman–Crippen MR) is 123 cm³/mol. The van der Waals surface area contributed by atoms with Crippen LogP contribution in [0, 0.1) is 24.6 Å². The van der Waals surface area contributed by atoms with E-state index in [2.05, 4.69) is 27.1 Å². The molecule has 0 amide bonds. The molecular weight excluding hydrogens is 443 g/mol. The van der Waals surface area contributed by atoms with Crippen molar-refractivity contribution in [1.29, 1.82) is 0 Å². The molecule has 0 fully saturated rings. The van der Waals surface area contributed by atoms with Crippen molar-refractivity contribution in [3.8, 4) is 29.3 Å². The Kier molecular flexibility index (Phi) is 8.12. The van der Waals surface area contributed by atoms with E-state index in [1.165, 1.54) is 26.6 Å². The number of carbonyl (C=O) groups excluding carboxylic acids is 1. The minimum Gasteiger partial charge on any atom is -0.493 e. The number of aryl methyl sites for hydroxylation is 1. The average molecular weight is 464 g/mol. The average Bonchev–Trinajstić information content (AvgIpc) is 3.28. The number of aldehydes is 1. The number of furan rings is 1. The smallest absolute Gasteiger partial charge is 0.291 e. The molecule has 3 N–H and O–H groups in total. The number of methoxy groups -OCH3 is 1. The molecule has 2 aromatic heterocycles. The molecule has 10 heteroatoms. The molecule has 0 spiro atoms. The first-order valence-corrected chi connectivity index (χ1v) is 9.88. The summed E-state index contributed by atoms with van der Waals surface area (Å²) in [7, 11) is 2.94. The molecule has 0 saturated carbocycles. The van der Waals surface area contributed by atoms with Gasteiger partial charge in [-0.05, 0) is 54.7 Å². The van der Waals surface area contributed by atoms with Gasteiger partial charge in [-0.3, -0.25) is 4.79 Å². The Balaban J connectivity index is 0.00000103. The van der Waals surface area contributed by atoms with Crippen molar-refractivity contribution in [3.63, 3.8) is 0 Å². The third-order valence-corrected chi connectivity index (χ3v) is 4.39. The van der Waals surface area contributed by atoms with E-state index in [1.54, 1.807) is 48.8 Å². The summed E-state index contributed by atoms with van der Waals surface area (Å²) in [6.45, 7) is 1.69. The zero-order chi connectivity index (χ0) is 24.5. The first-order valence-electron chi connectivity index (χ1n) is 9.88. The van der Waals surface area contributed by atoms with Gasteiger partial charge in [0.1, 0.15) is 18.0 Å². The fourth-order valence-corrected chi connectivity index (χ4v) is 2.91. The van der Waals surface area contributed by atoms with E-state index in [0.29, 0.717) is 51.5 Å². The molecule has 2 aromatic carbocycles. The second kappa shape index (κ2) is 11.4. The van der Waals surface area contributed by atoms with Gasteiger partial charge in [0.25, 0.3) is 5.95 Å². The number of hydroxylamine groups is 1. The van der Waals surface area contributed by atoms with E-state index in [9.17, 15) is 9.18 Å². The van der Waals surface area contributed by atoms with Crippen molar-refractivity contribution in [2.75, 3.05) is 19.5 Å². The second-order valence-electron chi connectivity index (χ2n) is 6.66. The van der Waals surface area contributed by atoms with Gasteiger partial charge >= 0.3 is 0 Å².